The first-order valence-corrected chi connectivity index (χ1v) is 11.1. The number of carbonyl (C=O) groups is 2. The number of fused-ring (bicyclic) bond motifs is 1. The van der Waals surface area contributed by atoms with Gasteiger partial charge >= 0.3 is 0 Å². The van der Waals surface area contributed by atoms with E-state index >= 15 is 0 Å². The largest absolute Gasteiger partial charge is 0.377 e. The Morgan fingerprint density at radius 1 is 1.00 bits per heavy atom. The zero-order valence-electron chi connectivity index (χ0n) is 18.6. The summed E-state index contributed by atoms with van der Waals surface area (Å²) in [5.74, 6) is 0.246. The van der Waals surface area contributed by atoms with E-state index in [4.69, 9.17) is 0 Å². The van der Waals surface area contributed by atoms with Gasteiger partial charge in [0.15, 0.2) is 5.70 Å². The van der Waals surface area contributed by atoms with Crippen molar-refractivity contribution in [2.75, 3.05) is 44.2 Å². The summed E-state index contributed by atoms with van der Waals surface area (Å²) in [5, 5.41) is 12.6. The quantitative estimate of drug-likeness (QED) is 0.430. The smallest absolute Gasteiger partial charge is 0.253 e. The Labute approximate surface area is 188 Å². The number of hydrogen-bond acceptors (Lipinski definition) is 8. The van der Waals surface area contributed by atoms with Gasteiger partial charge in [-0.3, -0.25) is 19.5 Å². The van der Waals surface area contributed by atoms with Gasteiger partial charge in [0.2, 0.25) is 11.5 Å². The molecular weight excluding hydrogens is 408 g/mol. The van der Waals surface area contributed by atoms with Crippen molar-refractivity contribution >= 4 is 17.4 Å². The molecule has 1 saturated heterocycles. The Hall–Kier alpha value is -3.14. The van der Waals surface area contributed by atoms with Gasteiger partial charge in [0, 0.05) is 45.1 Å². The number of piperazine rings is 1. The van der Waals surface area contributed by atoms with Gasteiger partial charge in [-0.15, -0.1) is 0 Å². The van der Waals surface area contributed by atoms with Crippen molar-refractivity contribution in [3.05, 3.63) is 65.4 Å². The second-order valence-corrected chi connectivity index (χ2v) is 7.27. The molecule has 1 fully saturated rings. The molecule has 0 saturated carbocycles. The van der Waals surface area contributed by atoms with Gasteiger partial charge in [0.1, 0.15) is 11.5 Å². The average molecular weight is 440 g/mol. The summed E-state index contributed by atoms with van der Waals surface area (Å²) in [5.41, 5.74) is 1.16. The van der Waals surface area contributed by atoms with Crippen LogP contribution >= 0.6 is 0 Å². The van der Waals surface area contributed by atoms with Crippen LogP contribution in [0.3, 0.4) is 0 Å². The Balaban J connectivity index is 0.00000141. The number of Topliss-reactive ketones (excluding diaryl/α,β-unsaturated/α-hetero) is 2. The van der Waals surface area contributed by atoms with Crippen LogP contribution in [0.1, 0.15) is 41.1 Å². The molecule has 0 radical (unpaired) electrons. The third kappa shape index (κ3) is 5.18. The predicted octanol–water partition coefficient (Wildman–Crippen LogP) is 0.848. The van der Waals surface area contributed by atoms with E-state index in [-0.39, 0.29) is 28.4 Å². The zero-order chi connectivity index (χ0) is 22.9. The molecule has 0 bridgehead atoms. The topological polar surface area (TPSA) is 115 Å². The number of quaternary nitrogens is 1. The fourth-order valence-corrected chi connectivity index (χ4v) is 3.82. The lowest BCUT2D eigenvalue weighted by molar-refractivity contribution is -0.846. The number of allylic oxidation sites excluding steroid dienone is 2. The molecule has 2 aliphatic rings. The molecule has 0 aromatic carbocycles. The Morgan fingerprint density at radius 3 is 2.44 bits per heavy atom. The Kier molecular flexibility index (Phi) is 8.43. The van der Waals surface area contributed by atoms with E-state index in [0.29, 0.717) is 12.0 Å². The highest BCUT2D eigenvalue weighted by molar-refractivity contribution is 6.24. The van der Waals surface area contributed by atoms with Crippen LogP contribution in [0.4, 0.5) is 5.82 Å². The van der Waals surface area contributed by atoms with Crippen LogP contribution in [0, 0.1) is 0 Å². The van der Waals surface area contributed by atoms with Gasteiger partial charge in [-0.1, -0.05) is 19.9 Å². The number of nitrogens with two attached hydrogens (primary N) is 1. The van der Waals surface area contributed by atoms with Crippen molar-refractivity contribution in [3.63, 3.8) is 0 Å². The maximum atomic E-state index is 12.7. The summed E-state index contributed by atoms with van der Waals surface area (Å²) in [6.07, 6.45) is 4.10. The van der Waals surface area contributed by atoms with Gasteiger partial charge < -0.3 is 10.2 Å². The average Bonchev–Trinajstić information content (AvgIpc) is 2.87. The monoisotopic (exact) mass is 439 g/mol. The molecule has 1 aliphatic carbocycles. The number of aromatic nitrogens is 2. The summed E-state index contributed by atoms with van der Waals surface area (Å²) in [7, 11) is 0. The van der Waals surface area contributed by atoms with Crippen LogP contribution in [0.25, 0.3) is 0 Å². The number of ketones is 2. The van der Waals surface area contributed by atoms with Crippen molar-refractivity contribution in [3.8, 4) is 0 Å². The summed E-state index contributed by atoms with van der Waals surface area (Å²) in [4.78, 5) is 38.3. The fraction of sp³-hybridized carbons (Fsp3) is 0.391. The van der Waals surface area contributed by atoms with Gasteiger partial charge in [-0.25, -0.2) is 10.2 Å². The maximum absolute atomic E-state index is 12.7. The molecule has 4 N–H and O–H groups in total. The summed E-state index contributed by atoms with van der Waals surface area (Å²) < 4.78 is 0. The van der Waals surface area contributed by atoms with E-state index in [9.17, 15) is 14.8 Å². The molecule has 0 atom stereocenters. The minimum absolute atomic E-state index is 0.00974. The lowest BCUT2D eigenvalue weighted by atomic mass is 9.94. The molecule has 32 heavy (non-hydrogen) atoms. The lowest BCUT2D eigenvalue weighted by Gasteiger charge is -2.35. The van der Waals surface area contributed by atoms with E-state index in [1.165, 1.54) is 6.20 Å². The number of hydrogen-bond donors (Lipinski definition) is 3. The van der Waals surface area contributed by atoms with Gasteiger partial charge in [0.05, 0.1) is 5.56 Å². The number of pyridine rings is 2. The molecule has 2 aromatic heterocycles. The molecule has 4 rings (SSSR count). The van der Waals surface area contributed by atoms with Crippen molar-refractivity contribution in [2.45, 2.75) is 20.3 Å². The number of hydroxylamine groups is 1. The number of carbonyl (C=O) groups excluding carboxylic acids is 2. The minimum atomic E-state index is -0.395. The first-order chi connectivity index (χ1) is 15.7. The van der Waals surface area contributed by atoms with Crippen molar-refractivity contribution in [1.29, 1.82) is 0 Å². The molecule has 1 aliphatic heterocycles. The van der Waals surface area contributed by atoms with E-state index in [0.717, 1.165) is 45.0 Å². The molecule has 9 heteroatoms. The number of nitrogens with one attached hydrogen (secondary N) is 1. The summed E-state index contributed by atoms with van der Waals surface area (Å²) in [6.45, 7) is 9.15. The summed E-state index contributed by atoms with van der Waals surface area (Å²) in [6, 6.07) is 9.09. The van der Waals surface area contributed by atoms with Crippen LogP contribution in [0.2, 0.25) is 0 Å². The van der Waals surface area contributed by atoms with Gasteiger partial charge in [-0.05, 0) is 37.2 Å². The molecule has 170 valence electrons. The third-order valence-corrected chi connectivity index (χ3v) is 5.44. The normalized spacial score (nSPS) is 16.4. The molecule has 2 aromatic rings. The molecule has 9 nitrogen and oxygen atoms in total. The van der Waals surface area contributed by atoms with Crippen LogP contribution in [0.5, 0.6) is 0 Å². The molecule has 0 spiro atoms. The number of rotatable bonds is 7. The molecule has 0 unspecified atom stereocenters. The highest BCUT2D eigenvalue weighted by atomic mass is 16.5. The van der Waals surface area contributed by atoms with E-state index < -0.39 is 5.78 Å². The molecule has 3 heterocycles. The number of anilines is 1. The van der Waals surface area contributed by atoms with E-state index in [2.05, 4.69) is 25.1 Å². The second-order valence-electron chi connectivity index (χ2n) is 7.27. The molecular formula is C23H31N6O3+. The van der Waals surface area contributed by atoms with E-state index in [1.54, 1.807) is 12.1 Å². The van der Waals surface area contributed by atoms with Crippen molar-refractivity contribution in [2.24, 2.45) is 0 Å². The van der Waals surface area contributed by atoms with Crippen molar-refractivity contribution in [1.82, 2.24) is 20.2 Å². The zero-order valence-corrected chi connectivity index (χ0v) is 18.6. The van der Waals surface area contributed by atoms with Crippen LogP contribution < -0.4 is 15.7 Å². The first-order valence-electron chi connectivity index (χ1n) is 11.1. The van der Waals surface area contributed by atoms with Crippen molar-refractivity contribution < 1.29 is 20.3 Å². The van der Waals surface area contributed by atoms with Gasteiger partial charge in [0.25, 0.3) is 5.78 Å². The fourth-order valence-electron chi connectivity index (χ4n) is 3.82. The summed E-state index contributed by atoms with van der Waals surface area (Å²) >= 11 is 0. The first kappa shape index (κ1) is 23.5. The van der Waals surface area contributed by atoms with Crippen LogP contribution in [0.15, 0.2) is 54.1 Å². The van der Waals surface area contributed by atoms with Crippen LogP contribution in [-0.2, 0) is 0 Å². The van der Waals surface area contributed by atoms with Gasteiger partial charge in [-0.2, -0.15) is 5.48 Å². The highest BCUT2D eigenvalue weighted by Crippen LogP contribution is 2.20. The second kappa shape index (κ2) is 11.5. The SMILES string of the molecule is CC.O=C1C([NH2+]O)=C(NCCCN2CCN(c3ccccn3)CC2)C(=O)c2ncccc21. The van der Waals surface area contributed by atoms with Crippen LogP contribution in [-0.4, -0.2) is 70.9 Å². The standard InChI is InChI=1S/C21H24N6O3.C2H6/c28-20-15-5-3-8-23-17(15)21(29)18(19(20)25-30)24-9-4-10-26-11-13-27(14-12-26)16-6-1-2-7-22-16;1-2/h1-3,5-8,24-25,30H,4,9-14H2;1-2H3/p+1. The molecule has 0 amide bonds. The lowest BCUT2D eigenvalue weighted by Crippen LogP contribution is -2.81. The number of nitrogens with zero attached hydrogens (tertiary/aromatic N) is 4. The third-order valence-electron chi connectivity index (χ3n) is 5.44. The Morgan fingerprint density at radius 2 is 1.75 bits per heavy atom. The minimum Gasteiger partial charge on any atom is -0.377 e. The maximum Gasteiger partial charge on any atom is 0.253 e. The van der Waals surface area contributed by atoms with E-state index in [1.807, 2.05) is 38.2 Å². The Bertz CT molecular complexity index is 955. The highest BCUT2D eigenvalue weighted by Gasteiger charge is 2.36. The predicted molar refractivity (Wildman–Crippen MR) is 120 cm³/mol.